The number of halogens is 1. The minimum absolute atomic E-state index is 0. The number of nitro groups is 1. The van der Waals surface area contributed by atoms with E-state index in [4.69, 9.17) is 5.73 Å². The molecule has 2 saturated carbocycles. The zero-order valence-corrected chi connectivity index (χ0v) is 14.8. The average molecular weight is 376 g/mol. The molecule has 3 rings (SSSR count). The minimum Gasteiger partial charge on any atom is -0.328 e. The van der Waals surface area contributed by atoms with Crippen molar-refractivity contribution in [2.75, 3.05) is 0 Å². The average Bonchev–Trinajstić information content (AvgIpc) is 2.48. The summed E-state index contributed by atoms with van der Waals surface area (Å²) in [5, 5.41) is 10.7. The van der Waals surface area contributed by atoms with Crippen LogP contribution in [0.1, 0.15) is 32.1 Å². The molecule has 2 atom stereocenters. The number of hydrogen-bond donors (Lipinski definition) is 2. The fourth-order valence-corrected chi connectivity index (χ4v) is 5.35. The van der Waals surface area contributed by atoms with Crippen LogP contribution in [0.15, 0.2) is 29.2 Å². The Morgan fingerprint density at radius 1 is 1.12 bits per heavy atom. The maximum atomic E-state index is 12.6. The van der Waals surface area contributed by atoms with Crippen LogP contribution in [0, 0.1) is 22.0 Å². The molecule has 0 aliphatic heterocycles. The Balaban J connectivity index is 0.00000208. The lowest BCUT2D eigenvalue weighted by Crippen LogP contribution is -2.53. The number of nitrogens with zero attached hydrogens (tertiary/aromatic N) is 1. The van der Waals surface area contributed by atoms with Gasteiger partial charge in [0, 0.05) is 24.2 Å². The Morgan fingerprint density at radius 3 is 2.17 bits per heavy atom. The highest BCUT2D eigenvalue weighted by Gasteiger charge is 2.41. The van der Waals surface area contributed by atoms with Crippen molar-refractivity contribution in [3.63, 3.8) is 0 Å². The second-order valence-electron chi connectivity index (χ2n) is 6.58. The van der Waals surface area contributed by atoms with Gasteiger partial charge in [-0.05, 0) is 49.7 Å². The number of nitrogens with one attached hydrogen (secondary N) is 1. The Bertz CT molecular complexity index is 681. The van der Waals surface area contributed by atoms with E-state index in [1.165, 1.54) is 24.3 Å². The van der Waals surface area contributed by atoms with Gasteiger partial charge in [0.25, 0.3) is 5.69 Å². The molecule has 24 heavy (non-hydrogen) atoms. The van der Waals surface area contributed by atoms with E-state index >= 15 is 0 Å². The molecule has 0 spiro atoms. The Morgan fingerprint density at radius 2 is 1.67 bits per heavy atom. The standard InChI is InChI=1S/C15H21N3O4S.ClH/c16-12-8-10-2-1-3-11(9-12)15(10)17-23(21,22)14-6-4-13(5-7-14)18(19)20;/h4-7,10-12,15,17H,1-3,8-9,16H2;1H. The predicted molar refractivity (Wildman–Crippen MR) is 92.5 cm³/mol. The van der Waals surface area contributed by atoms with E-state index in [2.05, 4.69) is 4.72 Å². The summed E-state index contributed by atoms with van der Waals surface area (Å²) in [4.78, 5) is 10.2. The van der Waals surface area contributed by atoms with Crippen LogP contribution in [0.4, 0.5) is 5.69 Å². The largest absolute Gasteiger partial charge is 0.328 e. The quantitative estimate of drug-likeness (QED) is 0.618. The highest BCUT2D eigenvalue weighted by atomic mass is 35.5. The second kappa shape index (κ2) is 7.35. The van der Waals surface area contributed by atoms with Gasteiger partial charge in [0.05, 0.1) is 9.82 Å². The summed E-state index contributed by atoms with van der Waals surface area (Å²) >= 11 is 0. The first-order valence-electron chi connectivity index (χ1n) is 7.89. The molecule has 3 N–H and O–H groups in total. The van der Waals surface area contributed by atoms with Crippen molar-refractivity contribution in [3.8, 4) is 0 Å². The van der Waals surface area contributed by atoms with Crippen LogP contribution in [0.3, 0.4) is 0 Å². The maximum absolute atomic E-state index is 12.6. The number of sulfonamides is 1. The van der Waals surface area contributed by atoms with E-state index in [0.717, 1.165) is 32.1 Å². The SMILES string of the molecule is Cl.NC1CC2CCCC(C1)C2NS(=O)(=O)c1ccc([N+](=O)[O-])cc1. The summed E-state index contributed by atoms with van der Waals surface area (Å²) in [6.45, 7) is 0. The van der Waals surface area contributed by atoms with Gasteiger partial charge in [-0.25, -0.2) is 13.1 Å². The zero-order valence-electron chi connectivity index (χ0n) is 13.1. The zero-order chi connectivity index (χ0) is 16.6. The maximum Gasteiger partial charge on any atom is 0.269 e. The molecule has 0 radical (unpaired) electrons. The number of fused-ring (bicyclic) bond motifs is 2. The lowest BCUT2D eigenvalue weighted by molar-refractivity contribution is -0.384. The van der Waals surface area contributed by atoms with Crippen molar-refractivity contribution in [3.05, 3.63) is 34.4 Å². The summed E-state index contributed by atoms with van der Waals surface area (Å²) in [5.74, 6) is 0.565. The first-order valence-corrected chi connectivity index (χ1v) is 9.37. The third-order valence-electron chi connectivity index (χ3n) is 5.03. The van der Waals surface area contributed by atoms with Crippen LogP contribution in [0.25, 0.3) is 0 Å². The van der Waals surface area contributed by atoms with Crippen molar-refractivity contribution < 1.29 is 13.3 Å². The molecular weight excluding hydrogens is 354 g/mol. The van der Waals surface area contributed by atoms with E-state index in [0.29, 0.717) is 0 Å². The molecule has 2 aliphatic rings. The first-order chi connectivity index (χ1) is 10.9. The first kappa shape index (κ1) is 19.1. The Kier molecular flexibility index (Phi) is 5.85. The van der Waals surface area contributed by atoms with Crippen LogP contribution < -0.4 is 10.5 Å². The molecule has 0 saturated heterocycles. The van der Waals surface area contributed by atoms with Gasteiger partial charge in [0.2, 0.25) is 10.0 Å². The number of rotatable bonds is 4. The van der Waals surface area contributed by atoms with Gasteiger partial charge >= 0.3 is 0 Å². The number of non-ortho nitro benzene ring substituents is 1. The molecule has 134 valence electrons. The molecule has 1 aromatic rings. The number of nitro benzene ring substituents is 1. The van der Waals surface area contributed by atoms with Crippen molar-refractivity contribution >= 4 is 28.1 Å². The lowest BCUT2D eigenvalue weighted by atomic mass is 9.67. The summed E-state index contributed by atoms with van der Waals surface area (Å²) in [5.41, 5.74) is 5.95. The highest BCUT2D eigenvalue weighted by Crippen LogP contribution is 2.40. The molecule has 2 unspecified atom stereocenters. The molecule has 0 aromatic heterocycles. The summed E-state index contributed by atoms with van der Waals surface area (Å²) < 4.78 is 28.0. The normalized spacial score (nSPS) is 29.5. The molecule has 1 aromatic carbocycles. The van der Waals surface area contributed by atoms with Gasteiger partial charge in [-0.15, -0.1) is 12.4 Å². The van der Waals surface area contributed by atoms with E-state index in [9.17, 15) is 18.5 Å². The molecule has 7 nitrogen and oxygen atoms in total. The van der Waals surface area contributed by atoms with E-state index in [-0.39, 0.29) is 46.9 Å². The van der Waals surface area contributed by atoms with Gasteiger partial charge in [0.1, 0.15) is 0 Å². The second-order valence-corrected chi connectivity index (χ2v) is 8.29. The molecule has 2 aliphatic carbocycles. The summed E-state index contributed by atoms with van der Waals surface area (Å²) in [6, 6.07) is 5.07. The van der Waals surface area contributed by atoms with Crippen LogP contribution in [-0.2, 0) is 10.0 Å². The predicted octanol–water partition coefficient (Wildman–Crippen LogP) is 2.20. The lowest BCUT2D eigenvalue weighted by Gasteiger charge is -2.44. The van der Waals surface area contributed by atoms with Crippen LogP contribution in [0.5, 0.6) is 0 Å². The molecular formula is C15H22ClN3O4S. The van der Waals surface area contributed by atoms with Crippen molar-refractivity contribution in [2.45, 2.75) is 49.1 Å². The van der Waals surface area contributed by atoms with Crippen LogP contribution in [0.2, 0.25) is 0 Å². The topological polar surface area (TPSA) is 115 Å². The van der Waals surface area contributed by atoms with Gasteiger partial charge in [0.15, 0.2) is 0 Å². The minimum atomic E-state index is -3.68. The van der Waals surface area contributed by atoms with Gasteiger partial charge in [-0.3, -0.25) is 10.1 Å². The highest BCUT2D eigenvalue weighted by molar-refractivity contribution is 7.89. The Labute approximate surface area is 147 Å². The third kappa shape index (κ3) is 3.88. The number of nitrogens with two attached hydrogens (primary N) is 1. The monoisotopic (exact) mass is 375 g/mol. The van der Waals surface area contributed by atoms with Crippen molar-refractivity contribution in [1.82, 2.24) is 4.72 Å². The van der Waals surface area contributed by atoms with Crippen molar-refractivity contribution in [1.29, 1.82) is 0 Å². The van der Waals surface area contributed by atoms with Crippen LogP contribution >= 0.6 is 12.4 Å². The van der Waals surface area contributed by atoms with Crippen LogP contribution in [-0.4, -0.2) is 25.4 Å². The fraction of sp³-hybridized carbons (Fsp3) is 0.600. The van der Waals surface area contributed by atoms with Gasteiger partial charge in [-0.2, -0.15) is 0 Å². The molecule has 2 bridgehead atoms. The van der Waals surface area contributed by atoms with E-state index < -0.39 is 14.9 Å². The smallest absolute Gasteiger partial charge is 0.269 e. The van der Waals surface area contributed by atoms with Crippen molar-refractivity contribution in [2.24, 2.45) is 17.6 Å². The molecule has 0 amide bonds. The summed E-state index contributed by atoms with van der Waals surface area (Å²) in [6.07, 6.45) is 4.82. The number of hydrogen-bond acceptors (Lipinski definition) is 5. The van der Waals surface area contributed by atoms with E-state index in [1.807, 2.05) is 0 Å². The van der Waals surface area contributed by atoms with E-state index in [1.54, 1.807) is 0 Å². The fourth-order valence-electron chi connectivity index (χ4n) is 3.98. The summed E-state index contributed by atoms with van der Waals surface area (Å²) in [7, 11) is -3.68. The Hall–Kier alpha value is -1.22. The third-order valence-corrected chi connectivity index (χ3v) is 6.50. The molecule has 0 heterocycles. The molecule has 9 heteroatoms. The molecule has 2 fully saturated rings. The number of benzene rings is 1. The van der Waals surface area contributed by atoms with Gasteiger partial charge in [-0.1, -0.05) is 6.42 Å². The van der Waals surface area contributed by atoms with Gasteiger partial charge < -0.3 is 5.73 Å².